The van der Waals surface area contributed by atoms with Crippen LogP contribution in [-0.2, 0) is 13.0 Å². The van der Waals surface area contributed by atoms with Gasteiger partial charge in [0.1, 0.15) is 5.82 Å². The number of hydrogen-bond donors (Lipinski definition) is 1. The molecule has 0 amide bonds. The Hall–Kier alpha value is -1.32. The summed E-state index contributed by atoms with van der Waals surface area (Å²) in [6, 6.07) is 6.82. The molecule has 1 aromatic carbocycles. The van der Waals surface area contributed by atoms with Crippen molar-refractivity contribution in [1.82, 2.24) is 14.9 Å². The molecular weight excluding hydrogens is 270 g/mol. The van der Waals surface area contributed by atoms with Crippen molar-refractivity contribution in [2.45, 2.75) is 45.2 Å². The molecule has 1 N–H and O–H groups in total. The fourth-order valence-electron chi connectivity index (χ4n) is 2.41. The molecule has 0 atom stereocenters. The van der Waals surface area contributed by atoms with E-state index in [1.807, 2.05) is 24.5 Å². The van der Waals surface area contributed by atoms with E-state index >= 15 is 0 Å². The summed E-state index contributed by atoms with van der Waals surface area (Å²) in [4.78, 5) is 4.46. The van der Waals surface area contributed by atoms with Gasteiger partial charge in [0.25, 0.3) is 0 Å². The molecule has 0 radical (unpaired) electrons. The Morgan fingerprint density at radius 3 is 3.00 bits per heavy atom. The van der Waals surface area contributed by atoms with Gasteiger partial charge in [-0.1, -0.05) is 24.6 Å². The van der Waals surface area contributed by atoms with Gasteiger partial charge in [0.2, 0.25) is 0 Å². The summed E-state index contributed by atoms with van der Waals surface area (Å²) >= 11 is 6.18. The quantitative estimate of drug-likeness (QED) is 0.878. The molecule has 2 aromatic rings. The van der Waals surface area contributed by atoms with Crippen LogP contribution in [0.4, 0.5) is 0 Å². The van der Waals surface area contributed by atoms with Crippen LogP contribution in [0.1, 0.15) is 37.6 Å². The highest BCUT2D eigenvalue weighted by Gasteiger charge is 2.20. The predicted molar refractivity (Wildman–Crippen MR) is 82.4 cm³/mol. The minimum atomic E-state index is 0.705. The first-order chi connectivity index (χ1) is 9.78. The van der Waals surface area contributed by atoms with Crippen LogP contribution >= 0.6 is 11.6 Å². The molecule has 1 aliphatic rings. The molecule has 106 valence electrons. The van der Waals surface area contributed by atoms with Crippen LogP contribution in [0.3, 0.4) is 0 Å². The number of benzene rings is 1. The van der Waals surface area contributed by atoms with Gasteiger partial charge < -0.3 is 9.88 Å². The lowest BCUT2D eigenvalue weighted by molar-refractivity contribution is 0.682. The van der Waals surface area contributed by atoms with E-state index in [0.29, 0.717) is 6.04 Å². The predicted octanol–water partition coefficient (Wildman–Crippen LogP) is 3.73. The van der Waals surface area contributed by atoms with Gasteiger partial charge >= 0.3 is 0 Å². The molecule has 0 aliphatic heterocycles. The molecule has 0 saturated heterocycles. The Kier molecular flexibility index (Phi) is 4.08. The zero-order chi connectivity index (χ0) is 13.9. The highest BCUT2D eigenvalue weighted by Crippen LogP contribution is 2.24. The Balaban J connectivity index is 1.92. The van der Waals surface area contributed by atoms with E-state index in [1.54, 1.807) is 0 Å². The number of aromatic nitrogens is 2. The first-order valence-corrected chi connectivity index (χ1v) is 7.70. The van der Waals surface area contributed by atoms with Crippen molar-refractivity contribution < 1.29 is 0 Å². The van der Waals surface area contributed by atoms with Crippen molar-refractivity contribution >= 4 is 11.6 Å². The Morgan fingerprint density at radius 2 is 2.25 bits per heavy atom. The maximum absolute atomic E-state index is 6.18. The number of aryl methyl sites for hydroxylation is 1. The molecule has 20 heavy (non-hydrogen) atoms. The van der Waals surface area contributed by atoms with Gasteiger partial charge in [0.15, 0.2) is 0 Å². The molecule has 0 bridgehead atoms. The monoisotopic (exact) mass is 289 g/mol. The molecule has 3 nitrogen and oxygen atoms in total. The topological polar surface area (TPSA) is 29.9 Å². The van der Waals surface area contributed by atoms with E-state index < -0.39 is 0 Å². The first kappa shape index (κ1) is 13.7. The number of imidazole rings is 1. The molecule has 1 heterocycles. The zero-order valence-electron chi connectivity index (χ0n) is 11.8. The van der Waals surface area contributed by atoms with Gasteiger partial charge in [-0.2, -0.15) is 0 Å². The second-order valence-corrected chi connectivity index (χ2v) is 5.83. The van der Waals surface area contributed by atoms with Crippen LogP contribution in [0, 0.1) is 0 Å². The highest BCUT2D eigenvalue weighted by molar-refractivity contribution is 6.30. The van der Waals surface area contributed by atoms with Gasteiger partial charge in [-0.25, -0.2) is 4.98 Å². The second kappa shape index (κ2) is 5.98. The van der Waals surface area contributed by atoms with Gasteiger partial charge in [0, 0.05) is 36.4 Å². The number of nitrogens with zero attached hydrogens (tertiary/aromatic N) is 2. The minimum Gasteiger partial charge on any atom is -0.310 e. The van der Waals surface area contributed by atoms with Gasteiger partial charge in [-0.05, 0) is 37.0 Å². The molecule has 1 fully saturated rings. The van der Waals surface area contributed by atoms with E-state index in [0.717, 1.165) is 35.9 Å². The van der Waals surface area contributed by atoms with Gasteiger partial charge in [-0.3, -0.25) is 0 Å². The van der Waals surface area contributed by atoms with Crippen LogP contribution in [0.25, 0.3) is 5.69 Å². The smallest absolute Gasteiger partial charge is 0.113 e. The van der Waals surface area contributed by atoms with Gasteiger partial charge in [-0.15, -0.1) is 0 Å². The Bertz CT molecular complexity index is 587. The van der Waals surface area contributed by atoms with Crippen LogP contribution in [0.15, 0.2) is 30.6 Å². The normalized spacial score (nSPS) is 14.7. The summed E-state index contributed by atoms with van der Waals surface area (Å²) in [5.74, 6) is 1.10. The minimum absolute atomic E-state index is 0.705. The van der Waals surface area contributed by atoms with E-state index in [9.17, 15) is 0 Å². The summed E-state index contributed by atoms with van der Waals surface area (Å²) in [5, 5.41) is 4.34. The van der Waals surface area contributed by atoms with E-state index in [1.165, 1.54) is 18.4 Å². The molecule has 4 heteroatoms. The summed E-state index contributed by atoms with van der Waals surface area (Å²) in [6.07, 6.45) is 8.56. The number of halogens is 1. The first-order valence-electron chi connectivity index (χ1n) is 7.32. The number of hydrogen-bond acceptors (Lipinski definition) is 2. The molecule has 1 aliphatic carbocycles. The summed E-state index contributed by atoms with van der Waals surface area (Å²) in [5.41, 5.74) is 2.42. The summed E-state index contributed by atoms with van der Waals surface area (Å²) in [7, 11) is 0. The van der Waals surface area contributed by atoms with Crippen molar-refractivity contribution in [2.24, 2.45) is 0 Å². The highest BCUT2D eigenvalue weighted by atomic mass is 35.5. The fraction of sp³-hybridized carbons (Fsp3) is 0.438. The van der Waals surface area contributed by atoms with Gasteiger partial charge in [0.05, 0.1) is 5.69 Å². The van der Waals surface area contributed by atoms with E-state index in [2.05, 4.69) is 27.9 Å². The lowest BCUT2D eigenvalue weighted by Crippen LogP contribution is -2.17. The maximum atomic E-state index is 6.18. The van der Waals surface area contributed by atoms with Crippen molar-refractivity contribution in [3.8, 4) is 5.69 Å². The van der Waals surface area contributed by atoms with Crippen LogP contribution in [0.2, 0.25) is 5.02 Å². The molecule has 0 spiro atoms. The van der Waals surface area contributed by atoms with Crippen molar-refractivity contribution in [3.05, 3.63) is 47.0 Å². The average Bonchev–Trinajstić information content (AvgIpc) is 3.16. The lowest BCUT2D eigenvalue weighted by Gasteiger charge is -2.14. The Morgan fingerprint density at radius 1 is 1.40 bits per heavy atom. The molecular formula is C16H20ClN3. The fourth-order valence-corrected chi connectivity index (χ4v) is 2.58. The SMILES string of the molecule is CCCc1nccn1-c1cc(Cl)ccc1CNC1CC1. The molecule has 1 saturated carbocycles. The second-order valence-electron chi connectivity index (χ2n) is 5.39. The van der Waals surface area contributed by atoms with Crippen LogP contribution < -0.4 is 5.32 Å². The number of nitrogens with one attached hydrogen (secondary N) is 1. The Labute approximate surface area is 125 Å². The van der Waals surface area contributed by atoms with Crippen molar-refractivity contribution in [1.29, 1.82) is 0 Å². The van der Waals surface area contributed by atoms with E-state index in [-0.39, 0.29) is 0 Å². The summed E-state index contributed by atoms with van der Waals surface area (Å²) < 4.78 is 2.17. The van der Waals surface area contributed by atoms with Crippen molar-refractivity contribution in [3.63, 3.8) is 0 Å². The third kappa shape index (κ3) is 3.05. The molecule has 1 aromatic heterocycles. The lowest BCUT2D eigenvalue weighted by atomic mass is 10.1. The third-order valence-corrected chi connectivity index (χ3v) is 3.89. The summed E-state index contributed by atoms with van der Waals surface area (Å²) in [6.45, 7) is 3.06. The van der Waals surface area contributed by atoms with Crippen LogP contribution in [0.5, 0.6) is 0 Å². The molecule has 3 rings (SSSR count). The van der Waals surface area contributed by atoms with Crippen molar-refractivity contribution in [2.75, 3.05) is 0 Å². The maximum Gasteiger partial charge on any atom is 0.113 e. The zero-order valence-corrected chi connectivity index (χ0v) is 12.5. The number of rotatable bonds is 6. The van der Waals surface area contributed by atoms with Crippen LogP contribution in [-0.4, -0.2) is 15.6 Å². The standard InChI is InChI=1S/C16H20ClN3/c1-2-3-16-18-8-9-20(16)15-10-13(17)5-4-12(15)11-19-14-6-7-14/h4-5,8-10,14,19H,2-3,6-7,11H2,1H3. The van der Waals surface area contributed by atoms with E-state index in [4.69, 9.17) is 11.6 Å². The molecule has 0 unspecified atom stereocenters. The average molecular weight is 290 g/mol. The largest absolute Gasteiger partial charge is 0.310 e. The third-order valence-electron chi connectivity index (χ3n) is 3.66.